The van der Waals surface area contributed by atoms with Gasteiger partial charge in [0.1, 0.15) is 0 Å². The first-order chi connectivity index (χ1) is 12.9. The Kier molecular flexibility index (Phi) is 6.32. The number of nitrogens with one attached hydrogen (secondary N) is 1. The van der Waals surface area contributed by atoms with Crippen molar-refractivity contribution < 1.29 is 13.2 Å². The maximum atomic E-state index is 12.7. The molecule has 0 amide bonds. The van der Waals surface area contributed by atoms with Crippen LogP contribution in [-0.4, -0.2) is 46.1 Å². The summed E-state index contributed by atoms with van der Waals surface area (Å²) in [7, 11) is -3.50. The highest BCUT2D eigenvalue weighted by molar-refractivity contribution is 7.89. The Bertz CT molecular complexity index is 882. The highest BCUT2D eigenvalue weighted by atomic mass is 32.2. The Labute approximate surface area is 162 Å². The Morgan fingerprint density at radius 3 is 2.52 bits per heavy atom. The summed E-state index contributed by atoms with van der Waals surface area (Å²) in [5, 5.41) is 0. The van der Waals surface area contributed by atoms with Crippen molar-refractivity contribution >= 4 is 10.0 Å². The third-order valence-corrected chi connectivity index (χ3v) is 6.73. The zero-order valence-electron chi connectivity index (χ0n) is 16.2. The molecule has 0 bridgehead atoms. The van der Waals surface area contributed by atoms with Crippen molar-refractivity contribution in [2.24, 2.45) is 0 Å². The first kappa shape index (κ1) is 20.0. The lowest BCUT2D eigenvalue weighted by Gasteiger charge is -2.33. The summed E-state index contributed by atoms with van der Waals surface area (Å²) in [5.74, 6) is 0. The van der Waals surface area contributed by atoms with Crippen molar-refractivity contribution in [3.05, 3.63) is 64.7 Å². The van der Waals surface area contributed by atoms with Gasteiger partial charge in [0.25, 0.3) is 0 Å². The van der Waals surface area contributed by atoms with Gasteiger partial charge in [-0.15, -0.1) is 0 Å². The molecule has 1 saturated heterocycles. The van der Waals surface area contributed by atoms with Crippen molar-refractivity contribution in [2.75, 3.05) is 32.8 Å². The van der Waals surface area contributed by atoms with Gasteiger partial charge in [-0.25, -0.2) is 13.1 Å². The number of hydrogen-bond acceptors (Lipinski definition) is 4. The SMILES string of the molecule is Cc1cc(C)c(S(=O)(=O)NCCN2CCO[C@H](c3ccccc3)C2)cc1C. The van der Waals surface area contributed by atoms with Crippen LogP contribution in [0, 0.1) is 20.8 Å². The molecule has 3 rings (SSSR count). The maximum absolute atomic E-state index is 12.7. The van der Waals surface area contributed by atoms with E-state index in [0.717, 1.165) is 35.3 Å². The number of morpholine rings is 1. The van der Waals surface area contributed by atoms with Crippen LogP contribution in [-0.2, 0) is 14.8 Å². The fourth-order valence-corrected chi connectivity index (χ4v) is 4.74. The first-order valence-electron chi connectivity index (χ1n) is 9.33. The van der Waals surface area contributed by atoms with Crippen molar-refractivity contribution in [2.45, 2.75) is 31.8 Å². The highest BCUT2D eigenvalue weighted by Gasteiger charge is 2.23. The maximum Gasteiger partial charge on any atom is 0.240 e. The van der Waals surface area contributed by atoms with Gasteiger partial charge in [0.2, 0.25) is 10.0 Å². The van der Waals surface area contributed by atoms with Gasteiger partial charge in [-0.2, -0.15) is 0 Å². The number of sulfonamides is 1. The summed E-state index contributed by atoms with van der Waals surface area (Å²) in [6.07, 6.45) is 0.0403. The standard InChI is InChI=1S/C21H28N2O3S/c1-16-13-18(3)21(14-17(16)2)27(24,25)22-9-10-23-11-12-26-20(15-23)19-7-5-4-6-8-19/h4-8,13-14,20,22H,9-12,15H2,1-3H3/t20-/m0/s1. The lowest BCUT2D eigenvalue weighted by molar-refractivity contribution is -0.0291. The average molecular weight is 389 g/mol. The van der Waals surface area contributed by atoms with Gasteiger partial charge in [-0.3, -0.25) is 4.90 Å². The summed E-state index contributed by atoms with van der Waals surface area (Å²) in [6, 6.07) is 13.8. The predicted molar refractivity (Wildman–Crippen MR) is 107 cm³/mol. The summed E-state index contributed by atoms with van der Waals surface area (Å²) >= 11 is 0. The van der Waals surface area contributed by atoms with Crippen molar-refractivity contribution in [3.63, 3.8) is 0 Å². The monoisotopic (exact) mass is 388 g/mol. The Balaban J connectivity index is 1.58. The normalized spacial score (nSPS) is 18.6. The summed E-state index contributed by atoms with van der Waals surface area (Å²) in [5.41, 5.74) is 4.03. The molecule has 1 aliphatic rings. The number of hydrogen-bond donors (Lipinski definition) is 1. The Morgan fingerprint density at radius 2 is 1.78 bits per heavy atom. The Morgan fingerprint density at radius 1 is 1.07 bits per heavy atom. The van der Waals surface area contributed by atoms with Crippen LogP contribution in [0.25, 0.3) is 0 Å². The number of aryl methyl sites for hydroxylation is 3. The quantitative estimate of drug-likeness (QED) is 0.827. The lowest BCUT2D eigenvalue weighted by atomic mass is 10.1. The molecule has 1 atom stereocenters. The molecule has 2 aromatic rings. The van der Waals surface area contributed by atoms with Crippen LogP contribution in [0.2, 0.25) is 0 Å². The number of ether oxygens (including phenoxy) is 1. The Hall–Kier alpha value is -1.73. The molecule has 1 fully saturated rings. The smallest absolute Gasteiger partial charge is 0.240 e. The molecule has 27 heavy (non-hydrogen) atoms. The van der Waals surface area contributed by atoms with E-state index in [4.69, 9.17) is 4.74 Å². The minimum absolute atomic E-state index is 0.0403. The molecule has 2 aromatic carbocycles. The molecule has 0 unspecified atom stereocenters. The topological polar surface area (TPSA) is 58.6 Å². The van der Waals surface area contributed by atoms with Gasteiger partial charge in [0.05, 0.1) is 17.6 Å². The molecule has 5 nitrogen and oxygen atoms in total. The zero-order valence-corrected chi connectivity index (χ0v) is 17.1. The average Bonchev–Trinajstić information content (AvgIpc) is 2.65. The van der Waals surface area contributed by atoms with E-state index in [0.29, 0.717) is 24.6 Å². The lowest BCUT2D eigenvalue weighted by Crippen LogP contribution is -2.42. The fourth-order valence-electron chi connectivity index (χ4n) is 3.41. The zero-order chi connectivity index (χ0) is 19.4. The third kappa shape index (κ3) is 4.96. The van der Waals surface area contributed by atoms with E-state index in [-0.39, 0.29) is 6.10 Å². The van der Waals surface area contributed by atoms with Gasteiger partial charge >= 0.3 is 0 Å². The summed E-state index contributed by atoms with van der Waals surface area (Å²) < 4.78 is 34.0. The van der Waals surface area contributed by atoms with E-state index in [1.165, 1.54) is 0 Å². The molecule has 146 valence electrons. The number of nitrogens with zero attached hydrogens (tertiary/aromatic N) is 1. The van der Waals surface area contributed by atoms with Crippen molar-refractivity contribution in [3.8, 4) is 0 Å². The van der Waals surface area contributed by atoms with Crippen LogP contribution in [0.15, 0.2) is 47.4 Å². The van der Waals surface area contributed by atoms with Crippen LogP contribution in [0.1, 0.15) is 28.4 Å². The van der Waals surface area contributed by atoms with Gasteiger partial charge < -0.3 is 4.74 Å². The van der Waals surface area contributed by atoms with Crippen LogP contribution < -0.4 is 4.72 Å². The second-order valence-electron chi connectivity index (χ2n) is 7.17. The van der Waals surface area contributed by atoms with Crippen LogP contribution >= 0.6 is 0 Å². The van der Waals surface area contributed by atoms with Gasteiger partial charge in [-0.05, 0) is 49.1 Å². The van der Waals surface area contributed by atoms with Gasteiger partial charge in [0, 0.05) is 26.2 Å². The highest BCUT2D eigenvalue weighted by Crippen LogP contribution is 2.22. The van der Waals surface area contributed by atoms with Crippen LogP contribution in [0.5, 0.6) is 0 Å². The number of benzene rings is 2. The van der Waals surface area contributed by atoms with E-state index in [2.05, 4.69) is 21.8 Å². The molecule has 0 aliphatic carbocycles. The van der Waals surface area contributed by atoms with Crippen molar-refractivity contribution in [1.29, 1.82) is 0 Å². The molecule has 1 heterocycles. The fraction of sp³-hybridized carbons (Fsp3) is 0.429. The molecule has 1 N–H and O–H groups in total. The van der Waals surface area contributed by atoms with Gasteiger partial charge in [0.15, 0.2) is 0 Å². The molecule has 6 heteroatoms. The summed E-state index contributed by atoms with van der Waals surface area (Å²) in [6.45, 7) is 9.06. The molecule has 1 aliphatic heterocycles. The minimum atomic E-state index is -3.50. The molecule has 0 aromatic heterocycles. The molecule has 0 saturated carbocycles. The molecular formula is C21H28N2O3S. The predicted octanol–water partition coefficient (Wildman–Crippen LogP) is 2.96. The second-order valence-corrected chi connectivity index (χ2v) is 8.91. The molecular weight excluding hydrogens is 360 g/mol. The van der Waals surface area contributed by atoms with Gasteiger partial charge in [-0.1, -0.05) is 36.4 Å². The van der Waals surface area contributed by atoms with Crippen molar-refractivity contribution in [1.82, 2.24) is 9.62 Å². The molecule has 0 spiro atoms. The minimum Gasteiger partial charge on any atom is -0.371 e. The molecule has 0 radical (unpaired) electrons. The summed E-state index contributed by atoms with van der Waals surface area (Å²) in [4.78, 5) is 2.62. The van der Waals surface area contributed by atoms with E-state index < -0.39 is 10.0 Å². The largest absolute Gasteiger partial charge is 0.371 e. The van der Waals surface area contributed by atoms with E-state index >= 15 is 0 Å². The van der Waals surface area contributed by atoms with Crippen LogP contribution in [0.3, 0.4) is 0 Å². The third-order valence-electron chi connectivity index (χ3n) is 5.12. The number of rotatable bonds is 6. The van der Waals surface area contributed by atoms with E-state index in [1.54, 1.807) is 6.07 Å². The van der Waals surface area contributed by atoms with E-state index in [9.17, 15) is 8.42 Å². The van der Waals surface area contributed by atoms with E-state index in [1.807, 2.05) is 45.0 Å². The first-order valence-corrected chi connectivity index (χ1v) is 10.8. The second kappa shape index (κ2) is 8.52. The van der Waals surface area contributed by atoms with Crippen LogP contribution in [0.4, 0.5) is 0 Å².